The molecule has 0 aliphatic carbocycles. The van der Waals surface area contributed by atoms with E-state index in [-0.39, 0.29) is 34.8 Å². The Balaban J connectivity index is 1.71. The third-order valence-electron chi connectivity index (χ3n) is 5.75. The normalized spacial score (nSPS) is 17.2. The molecule has 1 saturated heterocycles. The van der Waals surface area contributed by atoms with Gasteiger partial charge in [0, 0.05) is 24.5 Å². The van der Waals surface area contributed by atoms with Crippen LogP contribution in [0.2, 0.25) is 0 Å². The molecule has 2 aliphatic rings. The summed E-state index contributed by atoms with van der Waals surface area (Å²) in [6, 6.07) is 2.66. The highest BCUT2D eigenvalue weighted by Gasteiger charge is 2.38. The summed E-state index contributed by atoms with van der Waals surface area (Å²) in [4.78, 5) is 27.2. The molecular formula is C21H22F2N2O5S2. The molecule has 0 atom stereocenters. The molecule has 0 bridgehead atoms. The summed E-state index contributed by atoms with van der Waals surface area (Å²) in [6.07, 6.45) is 2.65. The lowest BCUT2D eigenvalue weighted by Crippen LogP contribution is -2.36. The standard InChI is InChI=1S/C21H22F2N2O5S2/c1-30-20(27)18-14-7-10-24(19(26)15-11-13(22)5-6-16(15)23)12-17(14)31-21(18)32(28,29)25-8-3-2-4-9-25/h5-6,11H,2-4,7-10,12H2,1H3. The SMILES string of the molecule is COC(=O)c1c(S(=O)(=O)N2CCCCC2)sc2c1CCN(C(=O)c1cc(F)ccc1F)C2. The van der Waals surface area contributed by atoms with Crippen LogP contribution >= 0.6 is 11.3 Å². The number of methoxy groups -OCH3 is 1. The largest absolute Gasteiger partial charge is 0.465 e. The van der Waals surface area contributed by atoms with E-state index in [1.54, 1.807) is 0 Å². The van der Waals surface area contributed by atoms with Gasteiger partial charge in [0.2, 0.25) is 0 Å². The molecule has 1 amide bonds. The number of nitrogens with zero attached hydrogens (tertiary/aromatic N) is 2. The lowest BCUT2D eigenvalue weighted by Gasteiger charge is -2.27. The first kappa shape index (κ1) is 22.8. The number of sulfonamides is 1. The Labute approximate surface area is 188 Å². The van der Waals surface area contributed by atoms with Crippen LogP contribution in [-0.2, 0) is 27.7 Å². The lowest BCUT2D eigenvalue weighted by molar-refractivity contribution is 0.0595. The van der Waals surface area contributed by atoms with Crippen molar-refractivity contribution in [2.75, 3.05) is 26.7 Å². The molecule has 0 radical (unpaired) electrons. The summed E-state index contributed by atoms with van der Waals surface area (Å²) in [6.45, 7) is 0.893. The van der Waals surface area contributed by atoms with Crippen LogP contribution in [0.1, 0.15) is 50.4 Å². The van der Waals surface area contributed by atoms with Gasteiger partial charge in [-0.05, 0) is 43.0 Å². The van der Waals surface area contributed by atoms with E-state index in [4.69, 9.17) is 4.74 Å². The summed E-state index contributed by atoms with van der Waals surface area (Å²) < 4.78 is 60.5. The van der Waals surface area contributed by atoms with Gasteiger partial charge in [0.1, 0.15) is 15.8 Å². The topological polar surface area (TPSA) is 84.0 Å². The average Bonchev–Trinajstić information content (AvgIpc) is 3.20. The minimum atomic E-state index is -3.91. The number of benzene rings is 1. The number of piperidine rings is 1. The van der Waals surface area contributed by atoms with Crippen LogP contribution in [0.5, 0.6) is 0 Å². The van der Waals surface area contributed by atoms with Gasteiger partial charge in [-0.25, -0.2) is 22.0 Å². The zero-order chi connectivity index (χ0) is 23.0. The van der Waals surface area contributed by atoms with Gasteiger partial charge in [-0.1, -0.05) is 6.42 Å². The van der Waals surface area contributed by atoms with Crippen molar-refractivity contribution in [2.45, 2.75) is 36.4 Å². The third-order valence-corrected chi connectivity index (χ3v) is 9.36. The van der Waals surface area contributed by atoms with Crippen molar-refractivity contribution in [2.24, 2.45) is 0 Å². The number of rotatable bonds is 4. The monoisotopic (exact) mass is 484 g/mol. The Morgan fingerprint density at radius 2 is 1.81 bits per heavy atom. The predicted octanol–water partition coefficient (Wildman–Crippen LogP) is 3.19. The van der Waals surface area contributed by atoms with E-state index in [1.807, 2.05) is 0 Å². The van der Waals surface area contributed by atoms with E-state index in [1.165, 1.54) is 16.3 Å². The van der Waals surface area contributed by atoms with Gasteiger partial charge in [-0.2, -0.15) is 4.31 Å². The van der Waals surface area contributed by atoms with Crippen molar-refractivity contribution in [3.63, 3.8) is 0 Å². The molecular weight excluding hydrogens is 462 g/mol. The van der Waals surface area contributed by atoms with Gasteiger partial charge in [-0.3, -0.25) is 4.79 Å². The van der Waals surface area contributed by atoms with Gasteiger partial charge < -0.3 is 9.64 Å². The highest BCUT2D eigenvalue weighted by atomic mass is 32.2. The summed E-state index contributed by atoms with van der Waals surface area (Å²) in [5.74, 6) is -3.00. The zero-order valence-corrected chi connectivity index (χ0v) is 19.0. The summed E-state index contributed by atoms with van der Waals surface area (Å²) in [5.41, 5.74) is 0.155. The van der Waals surface area contributed by atoms with E-state index < -0.39 is 33.5 Å². The molecule has 0 N–H and O–H groups in total. The fourth-order valence-corrected chi connectivity index (χ4v) is 7.65. The summed E-state index contributed by atoms with van der Waals surface area (Å²) >= 11 is 0.938. The second kappa shape index (κ2) is 8.87. The van der Waals surface area contributed by atoms with E-state index in [9.17, 15) is 26.8 Å². The number of thiophene rings is 1. The van der Waals surface area contributed by atoms with Crippen LogP contribution in [0.3, 0.4) is 0 Å². The Morgan fingerprint density at radius 1 is 1.09 bits per heavy atom. The first-order valence-electron chi connectivity index (χ1n) is 10.2. The minimum absolute atomic E-state index is 0.00565. The Kier molecular flexibility index (Phi) is 6.33. The fourth-order valence-electron chi connectivity index (χ4n) is 4.10. The van der Waals surface area contributed by atoms with Gasteiger partial charge in [-0.15, -0.1) is 11.3 Å². The smallest absolute Gasteiger partial charge is 0.340 e. The molecule has 1 aromatic heterocycles. The maximum atomic E-state index is 14.1. The minimum Gasteiger partial charge on any atom is -0.465 e. The van der Waals surface area contributed by atoms with Crippen LogP contribution in [0.15, 0.2) is 22.4 Å². The predicted molar refractivity (Wildman–Crippen MR) is 113 cm³/mol. The molecule has 0 spiro atoms. The van der Waals surface area contributed by atoms with Crippen molar-refractivity contribution in [3.05, 3.63) is 51.4 Å². The molecule has 3 heterocycles. The number of ether oxygens (including phenoxy) is 1. The molecule has 0 unspecified atom stereocenters. The zero-order valence-electron chi connectivity index (χ0n) is 17.4. The molecule has 4 rings (SSSR count). The first-order valence-corrected chi connectivity index (χ1v) is 12.5. The van der Waals surface area contributed by atoms with Crippen molar-refractivity contribution in [1.82, 2.24) is 9.21 Å². The molecule has 0 saturated carbocycles. The van der Waals surface area contributed by atoms with Crippen molar-refractivity contribution in [1.29, 1.82) is 0 Å². The van der Waals surface area contributed by atoms with Crippen LogP contribution in [0, 0.1) is 11.6 Å². The number of hydrogen-bond donors (Lipinski definition) is 0. The summed E-state index contributed by atoms with van der Waals surface area (Å²) in [7, 11) is -2.72. The lowest BCUT2D eigenvalue weighted by atomic mass is 10.0. The molecule has 2 aliphatic heterocycles. The number of fused-ring (bicyclic) bond motifs is 1. The molecule has 7 nitrogen and oxygen atoms in total. The number of carbonyl (C=O) groups excluding carboxylic acids is 2. The number of amides is 1. The highest BCUT2D eigenvalue weighted by molar-refractivity contribution is 7.91. The van der Waals surface area contributed by atoms with Gasteiger partial charge in [0.25, 0.3) is 15.9 Å². The maximum Gasteiger partial charge on any atom is 0.340 e. The Hall–Kier alpha value is -2.37. The second-order valence-electron chi connectivity index (χ2n) is 7.72. The van der Waals surface area contributed by atoms with Gasteiger partial charge in [0.05, 0.1) is 24.8 Å². The Bertz CT molecular complexity index is 1170. The third kappa shape index (κ3) is 4.04. The Morgan fingerprint density at radius 3 is 2.50 bits per heavy atom. The maximum absolute atomic E-state index is 14.1. The van der Waals surface area contributed by atoms with E-state index in [0.717, 1.165) is 48.8 Å². The fraction of sp³-hybridized carbons (Fsp3) is 0.429. The number of halogens is 2. The molecule has 2 aromatic rings. The average molecular weight is 485 g/mol. The summed E-state index contributed by atoms with van der Waals surface area (Å²) in [5, 5.41) is 0. The quantitative estimate of drug-likeness (QED) is 0.623. The molecule has 1 aromatic carbocycles. The van der Waals surface area contributed by atoms with Gasteiger partial charge >= 0.3 is 5.97 Å². The van der Waals surface area contributed by atoms with Crippen molar-refractivity contribution in [3.8, 4) is 0 Å². The van der Waals surface area contributed by atoms with E-state index in [0.29, 0.717) is 23.5 Å². The molecule has 32 heavy (non-hydrogen) atoms. The molecule has 1 fully saturated rings. The number of carbonyl (C=O) groups is 2. The van der Waals surface area contributed by atoms with Gasteiger partial charge in [0.15, 0.2) is 0 Å². The molecule has 11 heteroatoms. The molecule has 172 valence electrons. The van der Waals surface area contributed by atoms with Crippen LogP contribution in [0.4, 0.5) is 8.78 Å². The van der Waals surface area contributed by atoms with Crippen molar-refractivity contribution < 1.29 is 31.5 Å². The highest BCUT2D eigenvalue weighted by Crippen LogP contribution is 2.39. The first-order chi connectivity index (χ1) is 15.2. The van der Waals surface area contributed by atoms with Crippen molar-refractivity contribution >= 4 is 33.2 Å². The van der Waals surface area contributed by atoms with Crippen LogP contribution < -0.4 is 0 Å². The second-order valence-corrected chi connectivity index (χ2v) is 11.0. The number of hydrogen-bond acceptors (Lipinski definition) is 6. The number of esters is 1. The van der Waals surface area contributed by atoms with Crippen LogP contribution in [0.25, 0.3) is 0 Å². The van der Waals surface area contributed by atoms with E-state index >= 15 is 0 Å². The van der Waals surface area contributed by atoms with E-state index in [2.05, 4.69) is 0 Å². The van der Waals surface area contributed by atoms with Crippen LogP contribution in [-0.4, -0.2) is 56.2 Å².